The highest BCUT2D eigenvalue weighted by Crippen LogP contribution is 2.43. The number of phosphoric acid groups is 1. The second-order valence-electron chi connectivity index (χ2n) is 15.1. The van der Waals surface area contributed by atoms with Gasteiger partial charge in [0, 0.05) is 6.54 Å². The highest BCUT2D eigenvalue weighted by Gasteiger charge is 2.27. The molecule has 0 aliphatic rings. The van der Waals surface area contributed by atoms with Gasteiger partial charge in [-0.15, -0.1) is 0 Å². The van der Waals surface area contributed by atoms with Crippen molar-refractivity contribution in [2.75, 3.05) is 19.8 Å². The lowest BCUT2D eigenvalue weighted by Gasteiger charge is -2.24. The summed E-state index contributed by atoms with van der Waals surface area (Å²) in [5.74, 6) is -0.454. The minimum atomic E-state index is -4.40. The van der Waals surface area contributed by atoms with Crippen molar-refractivity contribution in [2.24, 2.45) is 5.73 Å². The van der Waals surface area contributed by atoms with E-state index < -0.39 is 38.6 Å². The predicted molar refractivity (Wildman–Crippen MR) is 223 cm³/mol. The Hall–Kier alpha value is -1.06. The Morgan fingerprint density at radius 1 is 0.642 bits per heavy atom. The van der Waals surface area contributed by atoms with Gasteiger partial charge in [-0.05, 0) is 32.1 Å². The van der Waals surface area contributed by atoms with Crippen LogP contribution in [0.2, 0.25) is 0 Å². The number of phosphoric ester groups is 1. The lowest BCUT2D eigenvalue weighted by molar-refractivity contribution is -0.124. The number of amides is 1. The number of unbranched alkanes of at least 4 members (excludes halogenated alkanes) is 25. The van der Waals surface area contributed by atoms with Crippen LogP contribution in [-0.2, 0) is 18.4 Å². The number of carbonyl (C=O) groups excluding carboxylic acids is 1. The molecule has 0 aliphatic heterocycles. The van der Waals surface area contributed by atoms with Crippen LogP contribution in [0.3, 0.4) is 0 Å². The van der Waals surface area contributed by atoms with E-state index in [1.165, 1.54) is 141 Å². The highest BCUT2D eigenvalue weighted by molar-refractivity contribution is 7.47. The second-order valence-corrected chi connectivity index (χ2v) is 16.5. The van der Waals surface area contributed by atoms with Gasteiger partial charge in [-0.1, -0.05) is 192 Å². The Balaban J connectivity index is 4.36. The molecule has 4 atom stereocenters. The first-order valence-corrected chi connectivity index (χ1v) is 23.5. The maximum absolute atomic E-state index is 12.8. The van der Waals surface area contributed by atoms with Gasteiger partial charge < -0.3 is 26.2 Å². The van der Waals surface area contributed by atoms with Gasteiger partial charge in [-0.2, -0.15) is 0 Å². The summed E-state index contributed by atoms with van der Waals surface area (Å²) in [7, 11) is -4.40. The molecule has 314 valence electrons. The molecular weight excluding hydrogens is 687 g/mol. The van der Waals surface area contributed by atoms with Crippen molar-refractivity contribution in [1.29, 1.82) is 0 Å². The summed E-state index contributed by atoms with van der Waals surface area (Å²) < 4.78 is 22.1. The normalized spacial score (nSPS) is 14.9. The molecule has 0 heterocycles. The van der Waals surface area contributed by atoms with Gasteiger partial charge in [0.2, 0.25) is 5.91 Å². The molecule has 0 fully saturated rings. The molecule has 0 aromatic heterocycles. The summed E-state index contributed by atoms with van der Waals surface area (Å²) in [6.07, 6.45) is 41.2. The molecule has 6 N–H and O–H groups in total. The van der Waals surface area contributed by atoms with Gasteiger partial charge in [0.1, 0.15) is 0 Å². The predicted octanol–water partition coefficient (Wildman–Crippen LogP) is 11.1. The van der Waals surface area contributed by atoms with Crippen molar-refractivity contribution in [3.8, 4) is 0 Å². The molecule has 0 aromatic carbocycles. The van der Waals surface area contributed by atoms with Gasteiger partial charge in [0.15, 0.2) is 0 Å². The third-order valence-electron chi connectivity index (χ3n) is 9.83. The van der Waals surface area contributed by atoms with E-state index in [4.69, 9.17) is 14.8 Å². The summed E-state index contributed by atoms with van der Waals surface area (Å²) in [5.41, 5.74) is 5.36. The fourth-order valence-corrected chi connectivity index (χ4v) is 7.25. The van der Waals surface area contributed by atoms with E-state index in [0.717, 1.165) is 32.1 Å². The lowest BCUT2D eigenvalue weighted by Crippen LogP contribution is -2.46. The molecule has 0 saturated heterocycles. The van der Waals surface area contributed by atoms with Crippen molar-refractivity contribution in [3.05, 3.63) is 24.3 Å². The first kappa shape index (κ1) is 51.9. The molecule has 10 heteroatoms. The molecule has 0 radical (unpaired) electrons. The van der Waals surface area contributed by atoms with Crippen LogP contribution < -0.4 is 11.1 Å². The van der Waals surface area contributed by atoms with E-state index >= 15 is 0 Å². The van der Waals surface area contributed by atoms with Crippen LogP contribution in [-0.4, -0.2) is 59.0 Å². The van der Waals surface area contributed by atoms with Crippen molar-refractivity contribution in [3.63, 3.8) is 0 Å². The van der Waals surface area contributed by atoms with Crippen molar-refractivity contribution in [2.45, 2.75) is 225 Å². The van der Waals surface area contributed by atoms with E-state index in [-0.39, 0.29) is 19.6 Å². The van der Waals surface area contributed by atoms with Crippen LogP contribution >= 0.6 is 7.82 Å². The number of aliphatic hydroxyl groups is 2. The molecular formula is C43H85N2O7P. The molecule has 0 aromatic rings. The van der Waals surface area contributed by atoms with E-state index in [0.29, 0.717) is 12.8 Å². The third kappa shape index (κ3) is 37.6. The summed E-state index contributed by atoms with van der Waals surface area (Å²) in [4.78, 5) is 22.7. The molecule has 0 spiro atoms. The molecule has 0 rings (SSSR count). The van der Waals surface area contributed by atoms with E-state index in [1.807, 2.05) is 6.08 Å². The van der Waals surface area contributed by atoms with Crippen LogP contribution in [0.4, 0.5) is 0 Å². The minimum absolute atomic E-state index is 0.0460. The van der Waals surface area contributed by atoms with Crippen molar-refractivity contribution < 1.29 is 33.5 Å². The number of allylic oxidation sites excluding steroid dienone is 3. The van der Waals surface area contributed by atoms with Gasteiger partial charge in [0.05, 0.1) is 37.9 Å². The van der Waals surface area contributed by atoms with Gasteiger partial charge in [-0.3, -0.25) is 13.8 Å². The number of rotatable bonds is 41. The average molecular weight is 773 g/mol. The van der Waals surface area contributed by atoms with Crippen LogP contribution in [0, 0.1) is 0 Å². The Bertz CT molecular complexity index is 904. The number of hydrogen-bond acceptors (Lipinski definition) is 7. The second kappa shape index (κ2) is 39.2. The summed E-state index contributed by atoms with van der Waals surface area (Å²) in [5, 5.41) is 24.0. The van der Waals surface area contributed by atoms with Crippen LogP contribution in [0.15, 0.2) is 24.3 Å². The fourth-order valence-electron chi connectivity index (χ4n) is 6.49. The van der Waals surface area contributed by atoms with Gasteiger partial charge >= 0.3 is 7.82 Å². The molecule has 9 nitrogen and oxygen atoms in total. The monoisotopic (exact) mass is 773 g/mol. The first-order chi connectivity index (χ1) is 25.8. The van der Waals surface area contributed by atoms with Crippen molar-refractivity contribution in [1.82, 2.24) is 5.32 Å². The number of aliphatic hydroxyl groups excluding tert-OH is 2. The van der Waals surface area contributed by atoms with Crippen LogP contribution in [0.25, 0.3) is 0 Å². The summed E-state index contributed by atoms with van der Waals surface area (Å²) in [6, 6.07) is -0.995. The van der Waals surface area contributed by atoms with Crippen molar-refractivity contribution >= 4 is 13.7 Å². The Labute approximate surface area is 326 Å². The zero-order valence-electron chi connectivity index (χ0n) is 34.4. The van der Waals surface area contributed by atoms with Crippen LogP contribution in [0.5, 0.6) is 0 Å². The maximum Gasteiger partial charge on any atom is 0.472 e. The standard InChI is InChI=1S/C43H85N2O7P/c1-3-5-7-9-11-13-15-17-18-19-20-21-23-25-27-29-31-33-35-42(47)41(39-52-53(49,50)51-37-36-44)45-43(48)38-40(46)34-32-30-28-26-24-22-16-14-12-10-8-6-4-2/h25,27,33,35,40-42,46-47H,3-24,26,28-32,34,36-39,44H2,1-2H3,(H,45,48)(H,49,50)/b27-25+,35-33+. The number of hydrogen-bond donors (Lipinski definition) is 5. The third-order valence-corrected chi connectivity index (χ3v) is 10.8. The molecule has 0 bridgehead atoms. The number of carbonyl (C=O) groups is 1. The zero-order valence-corrected chi connectivity index (χ0v) is 35.3. The Morgan fingerprint density at radius 2 is 1.08 bits per heavy atom. The topological polar surface area (TPSA) is 151 Å². The summed E-state index contributed by atoms with van der Waals surface area (Å²) >= 11 is 0. The fraction of sp³-hybridized carbons (Fsp3) is 0.884. The lowest BCUT2D eigenvalue weighted by atomic mass is 10.0. The SMILES string of the molecule is CCCCCCCCCCCCCC/C=C/CC/C=C/C(O)C(COP(=O)(O)OCCN)NC(=O)CC(O)CCCCCCCCCCCCCCC. The minimum Gasteiger partial charge on any atom is -0.393 e. The average Bonchev–Trinajstić information content (AvgIpc) is 3.13. The molecule has 1 amide bonds. The van der Waals surface area contributed by atoms with Gasteiger partial charge in [-0.25, -0.2) is 4.57 Å². The Kier molecular flexibility index (Phi) is 38.4. The molecule has 0 saturated carbocycles. The van der Waals surface area contributed by atoms with E-state index in [2.05, 4.69) is 31.3 Å². The molecule has 53 heavy (non-hydrogen) atoms. The first-order valence-electron chi connectivity index (χ1n) is 22.0. The van der Waals surface area contributed by atoms with Crippen LogP contribution in [0.1, 0.15) is 206 Å². The van der Waals surface area contributed by atoms with E-state index in [9.17, 15) is 24.5 Å². The molecule has 0 aliphatic carbocycles. The Morgan fingerprint density at radius 3 is 1.57 bits per heavy atom. The van der Waals surface area contributed by atoms with E-state index in [1.54, 1.807) is 6.08 Å². The maximum atomic E-state index is 12.8. The quantitative estimate of drug-likeness (QED) is 0.0234. The summed E-state index contributed by atoms with van der Waals surface area (Å²) in [6.45, 7) is 3.96. The largest absolute Gasteiger partial charge is 0.472 e. The highest BCUT2D eigenvalue weighted by atomic mass is 31.2. The number of nitrogens with one attached hydrogen (secondary N) is 1. The smallest absolute Gasteiger partial charge is 0.393 e. The zero-order chi connectivity index (χ0) is 39.1. The van der Waals surface area contributed by atoms with Gasteiger partial charge in [0.25, 0.3) is 0 Å². The number of nitrogens with two attached hydrogens (primary N) is 1. The molecule has 4 unspecified atom stereocenters.